The third kappa shape index (κ3) is 23.5. The van der Waals surface area contributed by atoms with Gasteiger partial charge in [0.1, 0.15) is 63.8 Å². The summed E-state index contributed by atoms with van der Waals surface area (Å²) >= 11 is 0. The van der Waals surface area contributed by atoms with Crippen molar-refractivity contribution in [3.8, 4) is 51.7 Å². The molecule has 0 radical (unpaired) electrons. The third-order valence-electron chi connectivity index (χ3n) is 15.3. The zero-order chi connectivity index (χ0) is 73.6. The largest absolute Gasteiger partial charge is 0.508 e. The average Bonchev–Trinajstić information content (AvgIpc) is 0.846. The van der Waals surface area contributed by atoms with E-state index < -0.39 is 12.1 Å². The summed E-state index contributed by atoms with van der Waals surface area (Å²) in [6.45, 7) is 19.5. The number of para-hydroxylation sites is 2. The molecule has 0 aliphatic heterocycles. The molecule has 8 aromatic carbocycles. The zero-order valence-corrected chi connectivity index (χ0v) is 57.9. The molecule has 0 bridgehead atoms. The molecule has 0 saturated carbocycles. The molecule has 0 fully saturated rings. The van der Waals surface area contributed by atoms with Crippen molar-refractivity contribution in [2.45, 2.75) is 114 Å². The van der Waals surface area contributed by atoms with Crippen molar-refractivity contribution in [1.29, 1.82) is 0 Å². The van der Waals surface area contributed by atoms with Gasteiger partial charge in [0.15, 0.2) is 0 Å². The van der Waals surface area contributed by atoms with Crippen LogP contribution in [0.1, 0.15) is 117 Å². The van der Waals surface area contributed by atoms with E-state index in [2.05, 4.69) is 63.4 Å². The summed E-state index contributed by atoms with van der Waals surface area (Å²) in [5.74, 6) is -1.26. The first-order valence-electron chi connectivity index (χ1n) is 32.2. The summed E-state index contributed by atoms with van der Waals surface area (Å²) in [4.78, 5) is 48.3. The Bertz CT molecular complexity index is 4220. The number of rotatable bonds is 24. The Kier molecular flexibility index (Phi) is 30.6. The van der Waals surface area contributed by atoms with Crippen LogP contribution in [0.4, 0.5) is 22.7 Å². The van der Waals surface area contributed by atoms with Crippen LogP contribution in [0.25, 0.3) is 0 Å². The summed E-state index contributed by atoms with van der Waals surface area (Å²) < 4.78 is 0. The van der Waals surface area contributed by atoms with Crippen molar-refractivity contribution in [3.05, 3.63) is 208 Å². The monoisotopic (exact) mass is 1370 g/mol. The first-order valence-corrected chi connectivity index (χ1v) is 32.2. The number of carbonyl (C=O) groups excluding carboxylic acids is 4. The van der Waals surface area contributed by atoms with E-state index in [9.17, 15) is 65.1 Å². The van der Waals surface area contributed by atoms with Crippen LogP contribution in [0.2, 0.25) is 0 Å². The fourth-order valence-corrected chi connectivity index (χ4v) is 9.22. The minimum absolute atomic E-state index is 0.00366. The second kappa shape index (κ2) is 39.1. The maximum Gasteiger partial charge on any atom is 0.262 e. The molecule has 25 nitrogen and oxygen atoms in total. The van der Waals surface area contributed by atoms with E-state index in [1.807, 2.05) is 120 Å². The molecule has 0 aliphatic carbocycles. The number of anilines is 4. The second-order valence-electron chi connectivity index (χ2n) is 22.7. The molecule has 0 heterocycles. The lowest BCUT2D eigenvalue weighted by Crippen LogP contribution is -2.35. The Hall–Kier alpha value is -12.3. The first kappa shape index (κ1) is 78.4. The van der Waals surface area contributed by atoms with Gasteiger partial charge in [-0.15, -0.1) is 0 Å². The van der Waals surface area contributed by atoms with Crippen molar-refractivity contribution in [1.82, 2.24) is 21.7 Å². The first-order chi connectivity index (χ1) is 47.7. The fourth-order valence-electron chi connectivity index (χ4n) is 9.22. The number of hydrogen-bond acceptors (Lipinski definition) is 21. The minimum Gasteiger partial charge on any atom is -0.508 e. The van der Waals surface area contributed by atoms with Gasteiger partial charge in [0.25, 0.3) is 23.6 Å². The van der Waals surface area contributed by atoms with Crippen molar-refractivity contribution >= 4 is 69.2 Å². The van der Waals surface area contributed by atoms with E-state index in [4.69, 9.17) is 0 Å². The van der Waals surface area contributed by atoms with Gasteiger partial charge in [-0.25, -0.2) is 21.7 Å². The van der Waals surface area contributed by atoms with Gasteiger partial charge in [-0.05, 0) is 177 Å². The van der Waals surface area contributed by atoms with Gasteiger partial charge in [0.2, 0.25) is 0 Å². The second-order valence-corrected chi connectivity index (χ2v) is 22.7. The molecule has 0 saturated heterocycles. The number of phenols is 9. The van der Waals surface area contributed by atoms with Gasteiger partial charge in [-0.2, -0.15) is 20.4 Å². The maximum absolute atomic E-state index is 12.3. The molecule has 100 heavy (non-hydrogen) atoms. The van der Waals surface area contributed by atoms with Crippen LogP contribution in [0.15, 0.2) is 178 Å². The normalized spacial score (nSPS) is 11.9. The number of nitrogens with one attached hydrogen (secondary N) is 8. The predicted molar refractivity (Wildman–Crippen MR) is 393 cm³/mol. The smallest absolute Gasteiger partial charge is 0.262 e. The number of hydrazone groups is 4. The minimum atomic E-state index is -0.478. The Morgan fingerprint density at radius 3 is 1.01 bits per heavy atom. The van der Waals surface area contributed by atoms with Crippen LogP contribution in [-0.4, -0.2) is 118 Å². The molecule has 0 aromatic heterocycles. The molecule has 4 amide bonds. The molecular formula is C75H90N12O13. The Morgan fingerprint density at radius 2 is 0.660 bits per heavy atom. The van der Waals surface area contributed by atoms with Crippen molar-refractivity contribution in [3.63, 3.8) is 0 Å². The molecule has 25 heteroatoms. The van der Waals surface area contributed by atoms with Crippen LogP contribution in [-0.2, 0) is 19.2 Å². The Morgan fingerprint density at radius 1 is 0.350 bits per heavy atom. The van der Waals surface area contributed by atoms with Crippen molar-refractivity contribution < 1.29 is 65.1 Å². The highest BCUT2D eigenvalue weighted by Crippen LogP contribution is 2.34. The summed E-state index contributed by atoms with van der Waals surface area (Å²) in [6, 6.07) is 44.3. The van der Waals surface area contributed by atoms with Crippen molar-refractivity contribution in [2.24, 2.45) is 20.4 Å². The van der Waals surface area contributed by atoms with Gasteiger partial charge >= 0.3 is 0 Å². The van der Waals surface area contributed by atoms with Gasteiger partial charge in [0.05, 0.1) is 35.9 Å². The van der Waals surface area contributed by atoms with Gasteiger partial charge in [0, 0.05) is 73.3 Å². The number of aromatic hydroxyl groups is 9. The zero-order valence-electron chi connectivity index (χ0n) is 57.9. The summed E-state index contributed by atoms with van der Waals surface area (Å²) in [5.41, 5.74) is 19.7. The van der Waals surface area contributed by atoms with Gasteiger partial charge in [-0.3, -0.25) is 19.2 Å². The number of benzene rings is 8. The van der Waals surface area contributed by atoms with Crippen LogP contribution in [0.5, 0.6) is 51.7 Å². The Balaban J connectivity index is 0.000000240. The Labute approximate surface area is 581 Å². The van der Waals surface area contributed by atoms with Crippen LogP contribution in [0.3, 0.4) is 0 Å². The lowest BCUT2D eigenvalue weighted by atomic mass is 10.0. The fraction of sp³-hybridized carbons (Fsp3) is 0.253. The lowest BCUT2D eigenvalue weighted by molar-refractivity contribution is -0.122. The number of hydrogen-bond donors (Lipinski definition) is 17. The number of nitrogens with zero attached hydrogens (tertiary/aromatic N) is 4. The molecular weight excluding hydrogens is 1280 g/mol. The highest BCUT2D eigenvalue weighted by Gasteiger charge is 2.20. The SMILES string of the molecule is CC/C(=N\NC(=O)C(C)Nc1cccc(C)c1)c1ccc(O)c(C)c1O.CC/C(=N\NC(=O)C(C)Nc1ccccc1)c1ccc(O)c(C)c1O.CC/C(=N\NC(=O)CNc1cccc(O)c1)c1ccc(O)c(C)c1O.CC/C(=N\NC(=O)CNc1ccccc1)c1ccc(O)c(C)c1O. The molecule has 8 aromatic rings. The molecule has 2 unspecified atom stereocenters. The molecule has 17 N–H and O–H groups in total. The molecule has 2 atom stereocenters. The highest BCUT2D eigenvalue weighted by atomic mass is 16.3. The average molecular weight is 1370 g/mol. The van der Waals surface area contributed by atoms with E-state index in [1.54, 1.807) is 77.9 Å². The van der Waals surface area contributed by atoms with E-state index in [1.165, 1.54) is 36.4 Å². The summed E-state index contributed by atoms with van der Waals surface area (Å²) in [5, 5.41) is 117. The maximum atomic E-state index is 12.3. The highest BCUT2D eigenvalue weighted by molar-refractivity contribution is 6.06. The van der Waals surface area contributed by atoms with E-state index in [-0.39, 0.29) is 88.5 Å². The van der Waals surface area contributed by atoms with Crippen LogP contribution in [0, 0.1) is 34.6 Å². The number of phenolic OH excluding ortho intramolecular Hbond substituents is 9. The topological polar surface area (TPSA) is 396 Å². The van der Waals surface area contributed by atoms with Crippen LogP contribution >= 0.6 is 0 Å². The van der Waals surface area contributed by atoms with Crippen LogP contribution < -0.4 is 43.0 Å². The van der Waals surface area contributed by atoms with E-state index >= 15 is 0 Å². The number of carbonyl (C=O) groups is 4. The predicted octanol–water partition coefficient (Wildman–Crippen LogP) is 11.8. The number of amides is 4. The van der Waals surface area contributed by atoms with Gasteiger partial charge in [-0.1, -0.05) is 82.3 Å². The summed E-state index contributed by atoms with van der Waals surface area (Å²) in [7, 11) is 0. The van der Waals surface area contributed by atoms with E-state index in [0.717, 1.165) is 22.6 Å². The molecule has 528 valence electrons. The quantitative estimate of drug-likeness (QED) is 0.0197. The molecule has 0 spiro atoms. The summed E-state index contributed by atoms with van der Waals surface area (Å²) in [6.07, 6.45) is 2.03. The lowest BCUT2D eigenvalue weighted by Gasteiger charge is -2.15. The molecule has 8 rings (SSSR count). The van der Waals surface area contributed by atoms with Gasteiger partial charge < -0.3 is 67.2 Å². The third-order valence-corrected chi connectivity index (χ3v) is 15.3. The van der Waals surface area contributed by atoms with Crippen molar-refractivity contribution in [2.75, 3.05) is 34.4 Å². The van der Waals surface area contributed by atoms with E-state index in [0.29, 0.717) is 98.7 Å². The standard InChI is InChI=1S/C20H25N3O3.C19H23N3O3.C18H21N3O4.C18H21N3O3/c1-5-17(16-9-10-18(24)13(3)19(16)25)22-23-20(26)14(4)21-15-8-6-7-12(2)11-15;1-4-16(15-10-11-17(23)12(2)18(15)24)21-22-19(25)13(3)20-14-8-6-5-7-9-14;1-3-15(14-7-8-16(23)11(2)18(14)25)20-21-17(24)10-19-12-5-4-6-13(22)9-12;1-3-15(14-9-10-16(22)12(2)18(14)24)20-21-17(23)11-19-13-7-5-4-6-8-13/h6-11,14,21,24-25H,5H2,1-4H3,(H,23,26);5-11,13,20,23-24H,4H2,1-3H3,(H,22,25);4-9,19,22-23,25H,3,10H2,1-2H3,(H,21,24);4-10,19,22,24H,3,11H2,1-2H3,(H,21,23)/b22-17+;21-16+;2*20-15+. The number of aryl methyl sites for hydroxylation is 1. The molecule has 0 aliphatic rings.